The molecule has 2 aromatic rings. The fourth-order valence-corrected chi connectivity index (χ4v) is 5.43. The van der Waals surface area contributed by atoms with Crippen LogP contribution in [0.1, 0.15) is 49.0 Å². The Balaban J connectivity index is 1.43. The predicted molar refractivity (Wildman–Crippen MR) is 139 cm³/mol. The van der Waals surface area contributed by atoms with Crippen LogP contribution in [0.2, 0.25) is 0 Å². The van der Waals surface area contributed by atoms with E-state index >= 15 is 0 Å². The summed E-state index contributed by atoms with van der Waals surface area (Å²) in [6.07, 6.45) is 6.81. The molecule has 4 rings (SSSR count). The van der Waals surface area contributed by atoms with Gasteiger partial charge < -0.3 is 25.8 Å². The molecule has 2 unspecified atom stereocenters. The molecule has 0 aliphatic heterocycles. The number of ketones is 1. The summed E-state index contributed by atoms with van der Waals surface area (Å²) in [5.41, 5.74) is -0.506. The number of amides is 4. The third-order valence-electron chi connectivity index (χ3n) is 7.49. The lowest BCUT2D eigenvalue weighted by Crippen LogP contribution is -2.46. The summed E-state index contributed by atoms with van der Waals surface area (Å²) in [5.74, 6) is -2.06. The SMILES string of the molecule is CNC(=O)C(=O)CC[C@H](NC(=O)c1ccnn1C)C(=O)Nc1cccn(CC(=O)N[C@@H]2CC3CCC2C3)c1=O. The number of nitrogens with zero attached hydrogens (tertiary/aromatic N) is 3. The number of carbonyl (C=O) groups excluding carboxylic acids is 5. The lowest BCUT2D eigenvalue weighted by Gasteiger charge is -2.23. The third-order valence-corrected chi connectivity index (χ3v) is 7.49. The van der Waals surface area contributed by atoms with Gasteiger partial charge in [0.1, 0.15) is 24.0 Å². The Labute approximate surface area is 224 Å². The van der Waals surface area contributed by atoms with Crippen LogP contribution in [0.25, 0.3) is 0 Å². The molecule has 2 fully saturated rings. The lowest BCUT2D eigenvalue weighted by molar-refractivity contribution is -0.137. The van der Waals surface area contributed by atoms with Crippen LogP contribution >= 0.6 is 0 Å². The summed E-state index contributed by atoms with van der Waals surface area (Å²) in [6, 6.07) is 3.27. The maximum Gasteiger partial charge on any atom is 0.287 e. The Hall–Kier alpha value is -4.29. The van der Waals surface area contributed by atoms with E-state index in [-0.39, 0.29) is 42.7 Å². The van der Waals surface area contributed by atoms with Crippen molar-refractivity contribution in [1.82, 2.24) is 30.3 Å². The number of Topliss-reactive ketones (excluding diaryl/α,β-unsaturated/α-hetero) is 1. The Morgan fingerprint density at radius 3 is 2.56 bits per heavy atom. The van der Waals surface area contributed by atoms with Crippen molar-refractivity contribution in [3.8, 4) is 0 Å². The maximum atomic E-state index is 13.2. The molecule has 0 radical (unpaired) electrons. The molecule has 4 atom stereocenters. The normalized spacial score (nSPS) is 20.2. The topological polar surface area (TPSA) is 173 Å². The van der Waals surface area contributed by atoms with Gasteiger partial charge in [0.15, 0.2) is 0 Å². The van der Waals surface area contributed by atoms with Crippen LogP contribution in [0, 0.1) is 11.8 Å². The largest absolute Gasteiger partial charge is 0.353 e. The quantitative estimate of drug-likeness (QED) is 0.284. The number of nitrogens with one attached hydrogen (secondary N) is 4. The van der Waals surface area contributed by atoms with Crippen molar-refractivity contribution in [2.75, 3.05) is 12.4 Å². The summed E-state index contributed by atoms with van der Waals surface area (Å²) in [5, 5.41) is 14.2. The highest BCUT2D eigenvalue weighted by atomic mass is 16.2. The van der Waals surface area contributed by atoms with Gasteiger partial charge in [-0.1, -0.05) is 6.42 Å². The Morgan fingerprint density at radius 2 is 1.92 bits per heavy atom. The van der Waals surface area contributed by atoms with Crippen LogP contribution < -0.4 is 26.8 Å². The molecular formula is C26H33N7O6. The van der Waals surface area contributed by atoms with Gasteiger partial charge in [0.05, 0.1) is 0 Å². The van der Waals surface area contributed by atoms with Crippen molar-refractivity contribution in [1.29, 1.82) is 0 Å². The summed E-state index contributed by atoms with van der Waals surface area (Å²) < 4.78 is 2.52. The molecule has 39 heavy (non-hydrogen) atoms. The highest BCUT2D eigenvalue weighted by molar-refractivity contribution is 6.36. The van der Waals surface area contributed by atoms with Crippen LogP contribution in [-0.2, 0) is 32.8 Å². The van der Waals surface area contributed by atoms with E-state index in [0.29, 0.717) is 11.8 Å². The number of aromatic nitrogens is 3. The first kappa shape index (κ1) is 27.7. The zero-order valence-corrected chi connectivity index (χ0v) is 21.9. The van der Waals surface area contributed by atoms with Crippen molar-refractivity contribution >= 4 is 35.1 Å². The van der Waals surface area contributed by atoms with Gasteiger partial charge in [-0.25, -0.2) is 0 Å². The second kappa shape index (κ2) is 12.0. The zero-order chi connectivity index (χ0) is 28.1. The summed E-state index contributed by atoms with van der Waals surface area (Å²) >= 11 is 0. The number of anilines is 1. The number of pyridine rings is 1. The van der Waals surface area contributed by atoms with Gasteiger partial charge in [0.2, 0.25) is 17.6 Å². The second-order valence-electron chi connectivity index (χ2n) is 10.1. The van der Waals surface area contributed by atoms with Crippen molar-refractivity contribution < 1.29 is 24.0 Å². The van der Waals surface area contributed by atoms with Crippen LogP contribution in [0.4, 0.5) is 5.69 Å². The molecule has 2 bridgehead atoms. The van der Waals surface area contributed by atoms with Crippen molar-refractivity contribution in [2.24, 2.45) is 18.9 Å². The van der Waals surface area contributed by atoms with Gasteiger partial charge in [-0.3, -0.25) is 33.4 Å². The average Bonchev–Trinajstić information content (AvgIpc) is 3.65. The minimum atomic E-state index is -1.24. The third kappa shape index (κ3) is 6.59. The van der Waals surface area contributed by atoms with Gasteiger partial charge in [-0.15, -0.1) is 0 Å². The van der Waals surface area contributed by atoms with E-state index in [4.69, 9.17) is 0 Å². The molecule has 2 aliphatic carbocycles. The van der Waals surface area contributed by atoms with Crippen LogP contribution in [-0.4, -0.2) is 62.9 Å². The molecule has 2 aromatic heterocycles. The van der Waals surface area contributed by atoms with Crippen LogP contribution in [0.5, 0.6) is 0 Å². The van der Waals surface area contributed by atoms with E-state index < -0.39 is 35.1 Å². The monoisotopic (exact) mass is 539 g/mol. The predicted octanol–water partition coefficient (Wildman–Crippen LogP) is -0.281. The van der Waals surface area contributed by atoms with E-state index in [0.717, 1.165) is 19.3 Å². The Morgan fingerprint density at radius 1 is 1.13 bits per heavy atom. The number of hydrogen-bond donors (Lipinski definition) is 4. The van der Waals surface area contributed by atoms with Gasteiger partial charge in [0, 0.05) is 39.0 Å². The summed E-state index contributed by atoms with van der Waals surface area (Å²) in [7, 11) is 2.87. The Kier molecular flexibility index (Phi) is 8.57. The number of rotatable bonds is 11. The fraction of sp³-hybridized carbons (Fsp3) is 0.500. The number of hydrogen-bond acceptors (Lipinski definition) is 7. The van der Waals surface area contributed by atoms with Crippen LogP contribution in [0.15, 0.2) is 35.4 Å². The van der Waals surface area contributed by atoms with Crippen molar-refractivity contribution in [3.05, 3.63) is 46.6 Å². The highest BCUT2D eigenvalue weighted by Crippen LogP contribution is 2.44. The summed E-state index contributed by atoms with van der Waals surface area (Å²) in [4.78, 5) is 75.2. The average molecular weight is 540 g/mol. The van der Waals surface area contributed by atoms with E-state index in [9.17, 15) is 28.8 Å². The molecule has 0 saturated heterocycles. The molecule has 2 aliphatic rings. The molecule has 4 N–H and O–H groups in total. The number of carbonyl (C=O) groups is 5. The maximum absolute atomic E-state index is 13.2. The first-order valence-electron chi connectivity index (χ1n) is 13.0. The van der Waals surface area contributed by atoms with Crippen molar-refractivity contribution in [2.45, 2.75) is 57.2 Å². The molecule has 2 heterocycles. The van der Waals surface area contributed by atoms with Crippen molar-refractivity contribution in [3.63, 3.8) is 0 Å². The molecule has 0 spiro atoms. The molecule has 0 aromatic carbocycles. The molecular weight excluding hydrogens is 506 g/mol. The van der Waals surface area contributed by atoms with E-state index in [1.165, 1.54) is 53.3 Å². The first-order chi connectivity index (χ1) is 18.7. The standard InChI is InChI=1S/C26H33N7O6/c1-27-25(38)21(34)8-7-17(30-24(37)20-9-10-28-32(20)2)23(36)31-18-4-3-11-33(26(18)39)14-22(35)29-19-13-15-5-6-16(19)12-15/h3-4,9-11,15-17,19H,5-8,12-14H2,1-2H3,(H,27,38)(H,29,35)(H,30,37)(H,31,36)/t15?,16?,17-,19+/m0/s1. The number of likely N-dealkylation sites (N-methyl/N-ethyl adjacent to an activating group) is 1. The van der Waals surface area contributed by atoms with Gasteiger partial charge in [-0.2, -0.15) is 5.10 Å². The molecule has 4 amide bonds. The number of aryl methyl sites for hydroxylation is 1. The van der Waals surface area contributed by atoms with Gasteiger partial charge >= 0.3 is 0 Å². The van der Waals surface area contributed by atoms with E-state index in [1.807, 2.05) is 0 Å². The zero-order valence-electron chi connectivity index (χ0n) is 21.9. The van der Waals surface area contributed by atoms with Gasteiger partial charge in [-0.05, 0) is 55.7 Å². The van der Waals surface area contributed by atoms with Gasteiger partial charge in [0.25, 0.3) is 17.4 Å². The Bertz CT molecular complexity index is 1330. The number of fused-ring (bicyclic) bond motifs is 2. The second-order valence-corrected chi connectivity index (χ2v) is 10.1. The smallest absolute Gasteiger partial charge is 0.287 e. The fourth-order valence-electron chi connectivity index (χ4n) is 5.43. The molecule has 208 valence electrons. The minimum absolute atomic E-state index is 0.0902. The molecule has 2 saturated carbocycles. The molecule has 13 heteroatoms. The molecule has 13 nitrogen and oxygen atoms in total. The van der Waals surface area contributed by atoms with E-state index in [1.54, 1.807) is 7.05 Å². The van der Waals surface area contributed by atoms with E-state index in [2.05, 4.69) is 26.4 Å². The first-order valence-corrected chi connectivity index (χ1v) is 13.0. The lowest BCUT2D eigenvalue weighted by atomic mass is 9.95. The minimum Gasteiger partial charge on any atom is -0.353 e. The highest BCUT2D eigenvalue weighted by Gasteiger charge is 2.40. The van der Waals surface area contributed by atoms with Crippen LogP contribution in [0.3, 0.4) is 0 Å². The summed E-state index contributed by atoms with van der Waals surface area (Å²) in [6.45, 7) is -0.197.